The maximum absolute atomic E-state index is 14.3. The molecule has 0 spiro atoms. The predicted molar refractivity (Wildman–Crippen MR) is 83.9 cm³/mol. The molecule has 0 radical (unpaired) electrons. The number of nitrogens with two attached hydrogens (primary N) is 1. The number of aryl methyl sites for hydroxylation is 3. The highest BCUT2D eigenvalue weighted by atomic mass is 79.9. The molecule has 0 heterocycles. The molecule has 0 amide bonds. The van der Waals surface area contributed by atoms with Crippen molar-refractivity contribution in [3.8, 4) is 0 Å². The van der Waals surface area contributed by atoms with Crippen molar-refractivity contribution in [2.45, 2.75) is 26.8 Å². The number of hydrogen-bond acceptors (Lipinski definition) is 2. The van der Waals surface area contributed by atoms with Crippen LogP contribution in [-0.4, -0.2) is 0 Å². The topological polar surface area (TPSA) is 38.0 Å². The Labute approximate surface area is 127 Å². The summed E-state index contributed by atoms with van der Waals surface area (Å²) in [7, 11) is 0. The molecule has 0 saturated heterocycles. The first-order valence-electron chi connectivity index (χ1n) is 6.43. The minimum Gasteiger partial charge on any atom is -0.271 e. The van der Waals surface area contributed by atoms with Gasteiger partial charge >= 0.3 is 0 Å². The van der Waals surface area contributed by atoms with Crippen LogP contribution in [0, 0.1) is 26.6 Å². The van der Waals surface area contributed by atoms with Gasteiger partial charge in [-0.3, -0.25) is 5.84 Å². The summed E-state index contributed by atoms with van der Waals surface area (Å²) < 4.78 is 15.3. The second kappa shape index (κ2) is 6.04. The number of hydrogen-bond donors (Lipinski definition) is 2. The molecule has 1 unspecified atom stereocenters. The third-order valence-electron chi connectivity index (χ3n) is 3.47. The van der Waals surface area contributed by atoms with Gasteiger partial charge in [0.25, 0.3) is 0 Å². The van der Waals surface area contributed by atoms with Gasteiger partial charge in [0.1, 0.15) is 5.82 Å². The van der Waals surface area contributed by atoms with Crippen LogP contribution in [0.4, 0.5) is 4.39 Å². The maximum atomic E-state index is 14.3. The Balaban J connectivity index is 2.55. The van der Waals surface area contributed by atoms with E-state index < -0.39 is 0 Å². The highest BCUT2D eigenvalue weighted by molar-refractivity contribution is 9.10. The zero-order valence-corrected chi connectivity index (χ0v) is 13.4. The summed E-state index contributed by atoms with van der Waals surface area (Å²) in [6.07, 6.45) is 0. The second-order valence-corrected chi connectivity index (χ2v) is 5.94. The van der Waals surface area contributed by atoms with Crippen LogP contribution in [-0.2, 0) is 0 Å². The molecule has 1 atom stereocenters. The molecular formula is C16H18BrFN2. The molecule has 3 N–H and O–H groups in total. The van der Waals surface area contributed by atoms with Crippen LogP contribution in [0.3, 0.4) is 0 Å². The summed E-state index contributed by atoms with van der Waals surface area (Å²) in [6, 6.07) is 9.06. The SMILES string of the molecule is Cc1cc(C)c(C(NN)c2ccc(C)c(Br)c2)c(F)c1. The van der Waals surface area contributed by atoms with Gasteiger partial charge in [0.15, 0.2) is 0 Å². The lowest BCUT2D eigenvalue weighted by Gasteiger charge is -2.21. The number of rotatable bonds is 3. The van der Waals surface area contributed by atoms with Gasteiger partial charge in [-0.1, -0.05) is 34.1 Å². The largest absolute Gasteiger partial charge is 0.271 e. The van der Waals surface area contributed by atoms with Gasteiger partial charge in [-0.25, -0.2) is 9.82 Å². The van der Waals surface area contributed by atoms with Crippen LogP contribution in [0.15, 0.2) is 34.8 Å². The summed E-state index contributed by atoms with van der Waals surface area (Å²) >= 11 is 3.50. The molecule has 2 nitrogen and oxygen atoms in total. The van der Waals surface area contributed by atoms with Gasteiger partial charge in [0.05, 0.1) is 6.04 Å². The van der Waals surface area contributed by atoms with Crippen LogP contribution in [0.25, 0.3) is 0 Å². The molecule has 20 heavy (non-hydrogen) atoms. The van der Waals surface area contributed by atoms with Crippen molar-refractivity contribution in [2.75, 3.05) is 0 Å². The lowest BCUT2D eigenvalue weighted by Crippen LogP contribution is -2.30. The monoisotopic (exact) mass is 336 g/mol. The Bertz CT molecular complexity index is 617. The summed E-state index contributed by atoms with van der Waals surface area (Å²) in [6.45, 7) is 5.79. The zero-order valence-electron chi connectivity index (χ0n) is 11.8. The number of benzene rings is 2. The molecule has 106 valence electrons. The summed E-state index contributed by atoms with van der Waals surface area (Å²) in [5.74, 6) is 5.43. The van der Waals surface area contributed by atoms with Crippen molar-refractivity contribution in [2.24, 2.45) is 5.84 Å². The fourth-order valence-electron chi connectivity index (χ4n) is 2.43. The van der Waals surface area contributed by atoms with E-state index in [1.165, 1.54) is 6.07 Å². The Kier molecular flexibility index (Phi) is 4.58. The predicted octanol–water partition coefficient (Wildman–Crippen LogP) is 4.07. The van der Waals surface area contributed by atoms with Crippen LogP contribution >= 0.6 is 15.9 Å². The van der Waals surface area contributed by atoms with Crippen molar-refractivity contribution >= 4 is 15.9 Å². The minimum absolute atomic E-state index is 0.234. The van der Waals surface area contributed by atoms with Crippen LogP contribution in [0.5, 0.6) is 0 Å². The smallest absolute Gasteiger partial charge is 0.128 e. The van der Waals surface area contributed by atoms with E-state index in [4.69, 9.17) is 5.84 Å². The summed E-state index contributed by atoms with van der Waals surface area (Å²) in [4.78, 5) is 0. The zero-order chi connectivity index (χ0) is 14.9. The molecule has 4 heteroatoms. The Hall–Kier alpha value is -1.23. The lowest BCUT2D eigenvalue weighted by molar-refractivity contribution is 0.556. The highest BCUT2D eigenvalue weighted by Gasteiger charge is 2.19. The fourth-order valence-corrected chi connectivity index (χ4v) is 2.82. The molecule has 0 aromatic heterocycles. The fraction of sp³-hybridized carbons (Fsp3) is 0.250. The van der Waals surface area contributed by atoms with Gasteiger partial charge in [0, 0.05) is 10.0 Å². The van der Waals surface area contributed by atoms with Gasteiger partial charge in [0.2, 0.25) is 0 Å². The van der Waals surface area contributed by atoms with Crippen molar-refractivity contribution in [1.82, 2.24) is 5.43 Å². The van der Waals surface area contributed by atoms with Crippen LogP contribution < -0.4 is 11.3 Å². The standard InChI is InChI=1S/C16H18BrFN2/c1-9-6-11(3)15(14(18)7-9)16(20-19)12-5-4-10(2)13(17)8-12/h4-8,16,20H,19H2,1-3H3. The van der Waals surface area contributed by atoms with Gasteiger partial charge in [-0.15, -0.1) is 0 Å². The Morgan fingerprint density at radius 3 is 2.35 bits per heavy atom. The highest BCUT2D eigenvalue weighted by Crippen LogP contribution is 2.30. The van der Waals surface area contributed by atoms with E-state index >= 15 is 0 Å². The van der Waals surface area contributed by atoms with E-state index in [9.17, 15) is 4.39 Å². The minimum atomic E-state index is -0.368. The van der Waals surface area contributed by atoms with Gasteiger partial charge < -0.3 is 0 Å². The van der Waals surface area contributed by atoms with Gasteiger partial charge in [-0.2, -0.15) is 0 Å². The normalized spacial score (nSPS) is 12.5. The molecule has 2 aromatic carbocycles. The average Bonchev–Trinajstić information content (AvgIpc) is 2.37. The molecule has 2 aromatic rings. The Morgan fingerprint density at radius 1 is 1.10 bits per heavy atom. The molecule has 0 fully saturated rings. The van der Waals surface area contributed by atoms with Crippen LogP contribution in [0.2, 0.25) is 0 Å². The van der Waals surface area contributed by atoms with Crippen molar-refractivity contribution in [1.29, 1.82) is 0 Å². The third kappa shape index (κ3) is 2.92. The van der Waals surface area contributed by atoms with E-state index in [1.807, 2.05) is 45.0 Å². The van der Waals surface area contributed by atoms with E-state index in [2.05, 4.69) is 21.4 Å². The lowest BCUT2D eigenvalue weighted by atomic mass is 9.93. The summed E-state index contributed by atoms with van der Waals surface area (Å²) in [5.41, 5.74) is 7.17. The van der Waals surface area contributed by atoms with Crippen molar-refractivity contribution in [3.63, 3.8) is 0 Å². The molecule has 0 aliphatic carbocycles. The van der Waals surface area contributed by atoms with E-state index in [0.29, 0.717) is 5.56 Å². The molecule has 0 aliphatic heterocycles. The van der Waals surface area contributed by atoms with Gasteiger partial charge in [-0.05, 0) is 55.2 Å². The first-order valence-corrected chi connectivity index (χ1v) is 7.22. The van der Waals surface area contributed by atoms with Crippen molar-refractivity contribution < 1.29 is 4.39 Å². The molecule has 2 rings (SSSR count). The molecule has 0 aliphatic rings. The molecular weight excluding hydrogens is 319 g/mol. The number of nitrogens with one attached hydrogen (secondary N) is 1. The average molecular weight is 337 g/mol. The van der Waals surface area contributed by atoms with E-state index in [0.717, 1.165) is 26.7 Å². The Morgan fingerprint density at radius 2 is 1.80 bits per heavy atom. The quantitative estimate of drug-likeness (QED) is 0.655. The first-order chi connectivity index (χ1) is 9.43. The molecule has 0 bridgehead atoms. The van der Waals surface area contributed by atoms with E-state index in [-0.39, 0.29) is 11.9 Å². The second-order valence-electron chi connectivity index (χ2n) is 5.09. The molecule has 0 saturated carbocycles. The first kappa shape index (κ1) is 15.2. The van der Waals surface area contributed by atoms with E-state index in [1.54, 1.807) is 0 Å². The number of halogens is 2. The van der Waals surface area contributed by atoms with Crippen molar-refractivity contribution in [3.05, 3.63) is 68.4 Å². The van der Waals surface area contributed by atoms with Crippen LogP contribution in [0.1, 0.15) is 33.9 Å². The third-order valence-corrected chi connectivity index (χ3v) is 4.32. The maximum Gasteiger partial charge on any atom is 0.128 e. The summed E-state index contributed by atoms with van der Waals surface area (Å²) in [5, 5.41) is 0. The number of hydrazine groups is 1.